The molecule has 2 aromatic rings. The topological polar surface area (TPSA) is 61.3 Å². The fourth-order valence-electron chi connectivity index (χ4n) is 2.86. The summed E-state index contributed by atoms with van der Waals surface area (Å²) >= 11 is 0. The minimum atomic E-state index is -0.238. The number of hydrogen-bond acceptors (Lipinski definition) is 5. The summed E-state index contributed by atoms with van der Waals surface area (Å²) in [5.41, 5.74) is 0.898. The Hall–Kier alpha value is -2.43. The van der Waals surface area contributed by atoms with Crippen molar-refractivity contribution < 1.29 is 14.3 Å². The van der Waals surface area contributed by atoms with E-state index in [9.17, 15) is 4.79 Å². The number of unbranched alkanes of at least 4 members (excludes halogenated alkanes) is 4. The Morgan fingerprint density at radius 2 is 1.66 bits per heavy atom. The molecule has 2 rings (SSSR count). The Labute approximate surface area is 174 Å². The molecule has 29 heavy (non-hydrogen) atoms. The van der Waals surface area contributed by atoms with Gasteiger partial charge in [0.15, 0.2) is 11.6 Å². The third-order valence-corrected chi connectivity index (χ3v) is 5.03. The van der Waals surface area contributed by atoms with Crippen molar-refractivity contribution in [3.05, 3.63) is 36.7 Å². The maximum absolute atomic E-state index is 11.9. The van der Waals surface area contributed by atoms with Crippen LogP contribution >= 0.6 is 0 Å². The van der Waals surface area contributed by atoms with Gasteiger partial charge in [-0.1, -0.05) is 52.9 Å². The van der Waals surface area contributed by atoms with Gasteiger partial charge in [0.05, 0.1) is 19.0 Å². The van der Waals surface area contributed by atoms with Crippen LogP contribution in [0.3, 0.4) is 0 Å². The van der Waals surface area contributed by atoms with Crippen LogP contribution in [0, 0.1) is 5.92 Å². The number of esters is 1. The molecule has 0 fully saturated rings. The fourth-order valence-corrected chi connectivity index (χ4v) is 2.86. The first-order valence-corrected chi connectivity index (χ1v) is 10.9. The standard InChI is InChI=1S/C24H34N2O3/c1-4-6-7-8-9-16-28-21-13-11-20(12-14-21)24-25-17-22(18-26-24)29-23(27)15-10-19(3)5-2/h11-14,17-19H,4-10,15-16H2,1-3H3. The van der Waals surface area contributed by atoms with Crippen molar-refractivity contribution in [1.82, 2.24) is 9.97 Å². The van der Waals surface area contributed by atoms with Crippen LogP contribution in [0.4, 0.5) is 0 Å². The maximum atomic E-state index is 11.9. The van der Waals surface area contributed by atoms with Gasteiger partial charge in [0.25, 0.3) is 0 Å². The van der Waals surface area contributed by atoms with E-state index in [4.69, 9.17) is 9.47 Å². The molecular weight excluding hydrogens is 364 g/mol. The molecule has 0 bridgehead atoms. The normalized spacial score (nSPS) is 11.8. The lowest BCUT2D eigenvalue weighted by molar-refractivity contribution is -0.134. The number of ether oxygens (including phenoxy) is 2. The van der Waals surface area contributed by atoms with Crippen LogP contribution in [-0.4, -0.2) is 22.5 Å². The lowest BCUT2D eigenvalue weighted by atomic mass is 10.0. The van der Waals surface area contributed by atoms with E-state index < -0.39 is 0 Å². The summed E-state index contributed by atoms with van der Waals surface area (Å²) in [5.74, 6) is 2.12. The number of hydrogen-bond donors (Lipinski definition) is 0. The lowest BCUT2D eigenvalue weighted by Gasteiger charge is -2.08. The third kappa shape index (κ3) is 8.63. The first kappa shape index (κ1) is 22.9. The van der Waals surface area contributed by atoms with Crippen molar-refractivity contribution in [3.63, 3.8) is 0 Å². The number of aromatic nitrogens is 2. The second-order valence-electron chi connectivity index (χ2n) is 7.56. The average Bonchev–Trinajstić information content (AvgIpc) is 2.75. The highest BCUT2D eigenvalue weighted by molar-refractivity contribution is 5.72. The number of nitrogens with zero attached hydrogens (tertiary/aromatic N) is 2. The van der Waals surface area contributed by atoms with E-state index in [2.05, 4.69) is 30.7 Å². The second-order valence-corrected chi connectivity index (χ2v) is 7.56. The van der Waals surface area contributed by atoms with Gasteiger partial charge in [0.1, 0.15) is 5.75 Å². The number of benzene rings is 1. The van der Waals surface area contributed by atoms with E-state index in [0.29, 0.717) is 23.9 Å². The molecule has 0 aliphatic carbocycles. The summed E-state index contributed by atoms with van der Waals surface area (Å²) in [6, 6.07) is 7.76. The summed E-state index contributed by atoms with van der Waals surface area (Å²) in [7, 11) is 0. The van der Waals surface area contributed by atoms with Gasteiger partial charge < -0.3 is 9.47 Å². The summed E-state index contributed by atoms with van der Waals surface area (Å²) in [6.45, 7) is 7.22. The quantitative estimate of drug-likeness (QED) is 0.296. The van der Waals surface area contributed by atoms with Crippen molar-refractivity contribution in [2.24, 2.45) is 5.92 Å². The molecule has 1 aromatic carbocycles. The molecule has 1 unspecified atom stereocenters. The van der Waals surface area contributed by atoms with E-state index in [1.54, 1.807) is 12.4 Å². The molecule has 1 heterocycles. The Morgan fingerprint density at radius 3 is 2.31 bits per heavy atom. The Balaban J connectivity index is 1.79. The highest BCUT2D eigenvalue weighted by atomic mass is 16.5. The third-order valence-electron chi connectivity index (χ3n) is 5.03. The summed E-state index contributed by atoms with van der Waals surface area (Å²) in [5, 5.41) is 0. The summed E-state index contributed by atoms with van der Waals surface area (Å²) in [4.78, 5) is 20.5. The predicted octanol–water partition coefficient (Wildman–Crippen LogP) is 6.22. The largest absolute Gasteiger partial charge is 0.494 e. The molecule has 1 aromatic heterocycles. The molecule has 158 valence electrons. The molecule has 5 nitrogen and oxygen atoms in total. The van der Waals surface area contributed by atoms with Crippen molar-refractivity contribution in [2.75, 3.05) is 6.61 Å². The van der Waals surface area contributed by atoms with Gasteiger partial charge in [0.2, 0.25) is 0 Å². The molecule has 0 aliphatic heterocycles. The first-order valence-electron chi connectivity index (χ1n) is 10.9. The minimum absolute atomic E-state index is 0.238. The number of carbonyl (C=O) groups is 1. The highest BCUT2D eigenvalue weighted by Crippen LogP contribution is 2.21. The van der Waals surface area contributed by atoms with Gasteiger partial charge in [-0.2, -0.15) is 0 Å². The van der Waals surface area contributed by atoms with Gasteiger partial charge in [-0.05, 0) is 43.0 Å². The Morgan fingerprint density at radius 1 is 0.966 bits per heavy atom. The lowest BCUT2D eigenvalue weighted by Crippen LogP contribution is -2.10. The van der Waals surface area contributed by atoms with Gasteiger partial charge in [-0.3, -0.25) is 4.79 Å². The van der Waals surface area contributed by atoms with Crippen LogP contribution in [0.5, 0.6) is 11.5 Å². The highest BCUT2D eigenvalue weighted by Gasteiger charge is 2.09. The molecule has 5 heteroatoms. The molecule has 0 radical (unpaired) electrons. The summed E-state index contributed by atoms with van der Waals surface area (Å²) in [6.07, 6.45) is 11.5. The van der Waals surface area contributed by atoms with Crippen molar-refractivity contribution >= 4 is 5.97 Å². The molecule has 0 N–H and O–H groups in total. The molecule has 0 spiro atoms. The molecular formula is C24H34N2O3. The van der Waals surface area contributed by atoms with E-state index in [1.807, 2.05) is 24.3 Å². The zero-order valence-corrected chi connectivity index (χ0v) is 18.0. The van der Waals surface area contributed by atoms with E-state index >= 15 is 0 Å². The van der Waals surface area contributed by atoms with Crippen LogP contribution < -0.4 is 9.47 Å². The molecule has 1 atom stereocenters. The van der Waals surface area contributed by atoms with Gasteiger partial charge in [0, 0.05) is 12.0 Å². The first-order chi connectivity index (χ1) is 14.1. The fraction of sp³-hybridized carbons (Fsp3) is 0.542. The number of rotatable bonds is 13. The van der Waals surface area contributed by atoms with Crippen LogP contribution in [0.2, 0.25) is 0 Å². The summed E-state index contributed by atoms with van der Waals surface area (Å²) < 4.78 is 11.1. The van der Waals surface area contributed by atoms with Crippen molar-refractivity contribution in [1.29, 1.82) is 0 Å². The van der Waals surface area contributed by atoms with Gasteiger partial charge in [-0.25, -0.2) is 9.97 Å². The van der Waals surface area contributed by atoms with Crippen molar-refractivity contribution in [3.8, 4) is 22.9 Å². The molecule has 0 saturated carbocycles. The Bertz CT molecular complexity index is 714. The monoisotopic (exact) mass is 398 g/mol. The zero-order valence-electron chi connectivity index (χ0n) is 18.0. The van der Waals surface area contributed by atoms with E-state index in [0.717, 1.165) is 37.2 Å². The number of carbonyl (C=O) groups excluding carboxylic acids is 1. The molecule has 0 saturated heterocycles. The molecule has 0 amide bonds. The predicted molar refractivity (Wildman–Crippen MR) is 116 cm³/mol. The minimum Gasteiger partial charge on any atom is -0.494 e. The van der Waals surface area contributed by atoms with Crippen LogP contribution in [0.15, 0.2) is 36.7 Å². The average molecular weight is 399 g/mol. The van der Waals surface area contributed by atoms with Crippen LogP contribution in [0.1, 0.15) is 72.1 Å². The smallest absolute Gasteiger partial charge is 0.311 e. The van der Waals surface area contributed by atoms with E-state index in [-0.39, 0.29) is 5.97 Å². The van der Waals surface area contributed by atoms with Crippen LogP contribution in [-0.2, 0) is 4.79 Å². The Kier molecular flexibility index (Phi) is 10.2. The zero-order chi connectivity index (χ0) is 20.9. The SMILES string of the molecule is CCCCCCCOc1ccc(-c2ncc(OC(=O)CCC(C)CC)cn2)cc1. The van der Waals surface area contributed by atoms with Gasteiger partial charge in [-0.15, -0.1) is 0 Å². The van der Waals surface area contributed by atoms with Crippen molar-refractivity contribution in [2.45, 2.75) is 72.1 Å². The maximum Gasteiger partial charge on any atom is 0.311 e. The van der Waals surface area contributed by atoms with Gasteiger partial charge >= 0.3 is 5.97 Å². The molecule has 0 aliphatic rings. The van der Waals surface area contributed by atoms with E-state index in [1.165, 1.54) is 25.7 Å². The van der Waals surface area contributed by atoms with Crippen LogP contribution in [0.25, 0.3) is 11.4 Å². The second kappa shape index (κ2) is 12.9.